The van der Waals surface area contributed by atoms with E-state index in [2.05, 4.69) is 77.3 Å². The van der Waals surface area contributed by atoms with Gasteiger partial charge in [0.2, 0.25) is 0 Å². The molecule has 0 bridgehead atoms. The van der Waals surface area contributed by atoms with Gasteiger partial charge in [-0.15, -0.1) is 13.2 Å². The molecule has 2 atom stereocenters. The van der Waals surface area contributed by atoms with E-state index in [1.54, 1.807) is 0 Å². The third-order valence-corrected chi connectivity index (χ3v) is 8.23. The summed E-state index contributed by atoms with van der Waals surface area (Å²) in [5, 5.41) is 0. The molecule has 2 unspecified atom stereocenters. The highest BCUT2D eigenvalue weighted by atomic mass is 16.5. The predicted octanol–water partition coefficient (Wildman–Crippen LogP) is 9.48. The zero-order valence-electron chi connectivity index (χ0n) is 23.1. The van der Waals surface area contributed by atoms with Gasteiger partial charge in [-0.1, -0.05) is 48.6 Å². The van der Waals surface area contributed by atoms with Crippen molar-refractivity contribution in [2.75, 3.05) is 0 Å². The lowest BCUT2D eigenvalue weighted by Crippen LogP contribution is -2.23. The third-order valence-electron chi connectivity index (χ3n) is 8.23. The van der Waals surface area contributed by atoms with E-state index in [-0.39, 0.29) is 12.2 Å². The number of hydrogen-bond donors (Lipinski definition) is 0. The first-order chi connectivity index (χ1) is 18.9. The first-order valence-electron chi connectivity index (χ1n) is 13.6. The second-order valence-electron chi connectivity index (χ2n) is 10.6. The number of fused-ring (bicyclic) bond motifs is 4. The van der Waals surface area contributed by atoms with Gasteiger partial charge in [0.25, 0.3) is 0 Å². The zero-order chi connectivity index (χ0) is 27.3. The Kier molecular flexibility index (Phi) is 6.40. The molecule has 4 aromatic carbocycles. The van der Waals surface area contributed by atoms with Crippen molar-refractivity contribution < 1.29 is 14.2 Å². The summed E-state index contributed by atoms with van der Waals surface area (Å²) in [6.07, 6.45) is 4.84. The lowest BCUT2D eigenvalue weighted by Gasteiger charge is -2.37. The van der Waals surface area contributed by atoms with Crippen LogP contribution < -0.4 is 9.47 Å². The van der Waals surface area contributed by atoms with Gasteiger partial charge >= 0.3 is 0 Å². The summed E-state index contributed by atoms with van der Waals surface area (Å²) in [6, 6.07) is 20.9. The fourth-order valence-corrected chi connectivity index (χ4v) is 6.17. The van der Waals surface area contributed by atoms with Crippen LogP contribution in [0.2, 0.25) is 0 Å². The predicted molar refractivity (Wildman–Crippen MR) is 157 cm³/mol. The molecule has 3 heteroatoms. The van der Waals surface area contributed by atoms with Crippen LogP contribution in [0.4, 0.5) is 0 Å². The standard InChI is InChI=1S/C36H34O3/c1-7-11-25-17-19-29-33(23(25)5)35(31-21(3)13-9-15-27(31)37-29)39-36-32-22(4)14-10-16-28(32)38-30-20-18-26(12-8-2)24(6)34(30)36/h7-10,13-20,35-36H,1-2,11-12H2,3-6H3. The molecule has 4 aromatic rings. The molecule has 2 aliphatic rings. The molecule has 0 fully saturated rings. The number of benzene rings is 4. The van der Waals surface area contributed by atoms with E-state index in [9.17, 15) is 0 Å². The Morgan fingerprint density at radius 2 is 1.00 bits per heavy atom. The molecule has 0 aliphatic carbocycles. The van der Waals surface area contributed by atoms with E-state index >= 15 is 0 Å². The lowest BCUT2D eigenvalue weighted by molar-refractivity contribution is 0.0193. The molecule has 0 spiro atoms. The van der Waals surface area contributed by atoms with Gasteiger partial charge in [-0.25, -0.2) is 0 Å². The summed E-state index contributed by atoms with van der Waals surface area (Å²) < 4.78 is 20.4. The Morgan fingerprint density at radius 3 is 1.41 bits per heavy atom. The number of aryl methyl sites for hydroxylation is 2. The summed E-state index contributed by atoms with van der Waals surface area (Å²) >= 11 is 0. The van der Waals surface area contributed by atoms with Crippen LogP contribution in [0.1, 0.15) is 67.8 Å². The Morgan fingerprint density at radius 1 is 0.590 bits per heavy atom. The number of rotatable bonds is 6. The zero-order valence-corrected chi connectivity index (χ0v) is 23.1. The average Bonchev–Trinajstić information content (AvgIpc) is 2.91. The van der Waals surface area contributed by atoms with Crippen molar-refractivity contribution in [3.8, 4) is 23.0 Å². The van der Waals surface area contributed by atoms with E-state index in [1.807, 2.05) is 36.4 Å². The number of allylic oxidation sites excluding steroid dienone is 2. The molecular weight excluding hydrogens is 480 g/mol. The quantitative estimate of drug-likeness (QED) is 0.240. The van der Waals surface area contributed by atoms with Crippen LogP contribution in [0, 0.1) is 27.7 Å². The van der Waals surface area contributed by atoms with Crippen molar-refractivity contribution in [2.45, 2.75) is 52.7 Å². The highest BCUT2D eigenvalue weighted by molar-refractivity contribution is 5.61. The molecule has 0 aromatic heterocycles. The highest BCUT2D eigenvalue weighted by Crippen LogP contribution is 2.54. The molecule has 3 nitrogen and oxygen atoms in total. The van der Waals surface area contributed by atoms with Crippen molar-refractivity contribution in [3.05, 3.63) is 142 Å². The van der Waals surface area contributed by atoms with Gasteiger partial charge in [0, 0.05) is 22.3 Å². The largest absolute Gasteiger partial charge is 0.457 e. The van der Waals surface area contributed by atoms with Crippen molar-refractivity contribution in [2.24, 2.45) is 0 Å². The van der Waals surface area contributed by atoms with Crippen LogP contribution >= 0.6 is 0 Å². The van der Waals surface area contributed by atoms with Gasteiger partial charge in [0.1, 0.15) is 35.2 Å². The van der Waals surface area contributed by atoms with E-state index in [0.717, 1.165) is 69.2 Å². The maximum absolute atomic E-state index is 7.42. The van der Waals surface area contributed by atoms with Crippen molar-refractivity contribution in [1.29, 1.82) is 0 Å². The summed E-state index contributed by atoms with van der Waals surface area (Å²) in [5.41, 5.74) is 11.4. The minimum atomic E-state index is -0.319. The molecule has 0 radical (unpaired) electrons. The van der Waals surface area contributed by atoms with Crippen LogP contribution in [0.3, 0.4) is 0 Å². The molecule has 2 aliphatic heterocycles. The molecule has 39 heavy (non-hydrogen) atoms. The first-order valence-corrected chi connectivity index (χ1v) is 13.6. The minimum absolute atomic E-state index is 0.319. The molecule has 6 rings (SSSR count). The maximum Gasteiger partial charge on any atom is 0.133 e. The van der Waals surface area contributed by atoms with E-state index in [4.69, 9.17) is 14.2 Å². The van der Waals surface area contributed by atoms with Gasteiger partial charge in [-0.05, 0) is 98.2 Å². The van der Waals surface area contributed by atoms with Gasteiger partial charge in [-0.2, -0.15) is 0 Å². The Balaban J connectivity index is 1.60. The molecular formula is C36H34O3. The lowest BCUT2D eigenvalue weighted by atomic mass is 9.85. The van der Waals surface area contributed by atoms with Crippen LogP contribution in [0.25, 0.3) is 0 Å². The molecule has 0 amide bonds. The molecule has 196 valence electrons. The van der Waals surface area contributed by atoms with Crippen molar-refractivity contribution in [3.63, 3.8) is 0 Å². The third kappa shape index (κ3) is 4.09. The number of ether oxygens (including phenoxy) is 3. The molecule has 0 saturated carbocycles. The Labute approximate surface area is 231 Å². The van der Waals surface area contributed by atoms with Crippen LogP contribution in [-0.2, 0) is 17.6 Å². The van der Waals surface area contributed by atoms with Crippen LogP contribution in [-0.4, -0.2) is 0 Å². The maximum atomic E-state index is 7.42. The van der Waals surface area contributed by atoms with Gasteiger partial charge in [0.05, 0.1) is 0 Å². The fraction of sp³-hybridized carbons (Fsp3) is 0.222. The second-order valence-corrected chi connectivity index (χ2v) is 10.6. The average molecular weight is 515 g/mol. The van der Waals surface area contributed by atoms with E-state index < -0.39 is 0 Å². The van der Waals surface area contributed by atoms with Crippen molar-refractivity contribution >= 4 is 0 Å². The second kappa shape index (κ2) is 9.91. The fourth-order valence-electron chi connectivity index (χ4n) is 6.17. The van der Waals surface area contributed by atoms with Gasteiger partial charge in [0.15, 0.2) is 0 Å². The Bertz CT molecular complexity index is 1510. The highest BCUT2D eigenvalue weighted by Gasteiger charge is 2.38. The molecule has 0 N–H and O–H groups in total. The normalized spacial score (nSPS) is 16.6. The van der Waals surface area contributed by atoms with Crippen LogP contribution in [0.5, 0.6) is 23.0 Å². The molecule has 2 heterocycles. The van der Waals surface area contributed by atoms with Gasteiger partial charge < -0.3 is 14.2 Å². The summed E-state index contributed by atoms with van der Waals surface area (Å²) in [6.45, 7) is 16.6. The summed E-state index contributed by atoms with van der Waals surface area (Å²) in [7, 11) is 0. The Hall–Kier alpha value is -4.08. The SMILES string of the molecule is C=CCc1ccc2c(c1C)C(OC1c3c(C)cccc3Oc3ccc(CC=C)c(C)c31)c1c(C)cccc1O2. The van der Waals surface area contributed by atoms with Gasteiger partial charge in [-0.3, -0.25) is 0 Å². The molecule has 0 saturated heterocycles. The monoisotopic (exact) mass is 514 g/mol. The minimum Gasteiger partial charge on any atom is -0.457 e. The van der Waals surface area contributed by atoms with Crippen LogP contribution in [0.15, 0.2) is 86.0 Å². The topological polar surface area (TPSA) is 27.7 Å². The smallest absolute Gasteiger partial charge is 0.133 e. The van der Waals surface area contributed by atoms with Crippen molar-refractivity contribution in [1.82, 2.24) is 0 Å². The summed E-state index contributed by atoms with van der Waals surface area (Å²) in [4.78, 5) is 0. The number of hydrogen-bond acceptors (Lipinski definition) is 3. The van der Waals surface area contributed by atoms with E-state index in [1.165, 1.54) is 22.3 Å². The first kappa shape index (κ1) is 25.2. The summed E-state index contributed by atoms with van der Waals surface area (Å²) in [5.74, 6) is 3.38. The van der Waals surface area contributed by atoms with E-state index in [0.29, 0.717) is 0 Å².